The van der Waals surface area contributed by atoms with Crippen molar-refractivity contribution in [3.63, 3.8) is 0 Å². The molecule has 2 saturated heterocycles. The fraction of sp³-hybridized carbons (Fsp3) is 1.00. The van der Waals surface area contributed by atoms with Crippen LogP contribution in [0.2, 0.25) is 0 Å². The van der Waals surface area contributed by atoms with Crippen molar-refractivity contribution in [2.24, 2.45) is 0 Å². The van der Waals surface area contributed by atoms with Gasteiger partial charge in [-0.3, -0.25) is 4.18 Å². The molecule has 94 valence electrons. The topological polar surface area (TPSA) is 52.6 Å². The van der Waals surface area contributed by atoms with Crippen LogP contribution in [0.25, 0.3) is 0 Å². The van der Waals surface area contributed by atoms with E-state index in [1.165, 1.54) is 0 Å². The van der Waals surface area contributed by atoms with Crippen LogP contribution in [-0.2, 0) is 19.0 Å². The highest BCUT2D eigenvalue weighted by Gasteiger charge is 2.50. The second kappa shape index (κ2) is 3.85. The SMILES string of the molecule is O=S(=O)(OC1CC2CCC(C1)O2)C(F)(F)F. The minimum atomic E-state index is -5.47. The van der Waals surface area contributed by atoms with Crippen molar-refractivity contribution < 1.29 is 30.5 Å². The summed E-state index contributed by atoms with van der Waals surface area (Å²) in [6.07, 6.45) is 0.724. The van der Waals surface area contributed by atoms with Crippen LogP contribution in [0.5, 0.6) is 0 Å². The molecule has 2 rings (SSSR count). The van der Waals surface area contributed by atoms with Crippen molar-refractivity contribution in [3.05, 3.63) is 0 Å². The second-order valence-corrected chi connectivity index (χ2v) is 5.61. The highest BCUT2D eigenvalue weighted by molar-refractivity contribution is 7.87. The summed E-state index contributed by atoms with van der Waals surface area (Å²) in [4.78, 5) is 0. The third-order valence-corrected chi connectivity index (χ3v) is 3.89. The molecule has 2 unspecified atom stereocenters. The Morgan fingerprint density at radius 2 is 1.62 bits per heavy atom. The molecule has 0 radical (unpaired) electrons. The van der Waals surface area contributed by atoms with Crippen molar-refractivity contribution >= 4 is 10.1 Å². The van der Waals surface area contributed by atoms with Crippen molar-refractivity contribution in [3.8, 4) is 0 Å². The van der Waals surface area contributed by atoms with E-state index >= 15 is 0 Å². The van der Waals surface area contributed by atoms with Crippen LogP contribution in [0.3, 0.4) is 0 Å². The first kappa shape index (κ1) is 12.1. The van der Waals surface area contributed by atoms with E-state index in [-0.39, 0.29) is 25.0 Å². The maximum Gasteiger partial charge on any atom is 0.523 e. The molecule has 0 aromatic heterocycles. The quantitative estimate of drug-likeness (QED) is 0.558. The van der Waals surface area contributed by atoms with Gasteiger partial charge in [0.2, 0.25) is 0 Å². The molecular weight excluding hydrogens is 249 g/mol. The second-order valence-electron chi connectivity index (χ2n) is 4.05. The van der Waals surface area contributed by atoms with Crippen LogP contribution in [0.4, 0.5) is 13.2 Å². The van der Waals surface area contributed by atoms with E-state index in [2.05, 4.69) is 4.18 Å². The lowest BCUT2D eigenvalue weighted by atomic mass is 10.1. The van der Waals surface area contributed by atoms with Gasteiger partial charge in [0.05, 0.1) is 18.3 Å². The van der Waals surface area contributed by atoms with Crippen LogP contribution >= 0.6 is 0 Å². The molecule has 0 spiro atoms. The van der Waals surface area contributed by atoms with Gasteiger partial charge in [-0.05, 0) is 12.8 Å². The number of alkyl halides is 3. The largest absolute Gasteiger partial charge is 0.523 e. The van der Waals surface area contributed by atoms with Gasteiger partial charge in [0.1, 0.15) is 0 Å². The van der Waals surface area contributed by atoms with E-state index in [0.29, 0.717) is 0 Å². The van der Waals surface area contributed by atoms with Gasteiger partial charge < -0.3 is 4.74 Å². The number of hydrogen-bond acceptors (Lipinski definition) is 4. The molecule has 0 aromatic carbocycles. The summed E-state index contributed by atoms with van der Waals surface area (Å²) in [5.74, 6) is 0. The zero-order valence-electron chi connectivity index (χ0n) is 8.24. The molecule has 16 heavy (non-hydrogen) atoms. The third-order valence-electron chi connectivity index (χ3n) is 2.79. The lowest BCUT2D eigenvalue weighted by molar-refractivity contribution is -0.0739. The van der Waals surface area contributed by atoms with Crippen LogP contribution in [0.1, 0.15) is 25.7 Å². The molecule has 2 heterocycles. The number of ether oxygens (including phenoxy) is 1. The number of hydrogen-bond donors (Lipinski definition) is 0. The number of fused-ring (bicyclic) bond motifs is 2. The molecule has 4 nitrogen and oxygen atoms in total. The summed E-state index contributed by atoms with van der Waals surface area (Å²) in [6, 6.07) is 0. The monoisotopic (exact) mass is 260 g/mol. The van der Waals surface area contributed by atoms with E-state index < -0.39 is 21.7 Å². The van der Waals surface area contributed by atoms with Gasteiger partial charge in [0, 0.05) is 12.8 Å². The first-order valence-electron chi connectivity index (χ1n) is 4.93. The van der Waals surface area contributed by atoms with Gasteiger partial charge in [0.15, 0.2) is 0 Å². The Balaban J connectivity index is 2.01. The lowest BCUT2D eigenvalue weighted by Gasteiger charge is -2.27. The first-order valence-corrected chi connectivity index (χ1v) is 6.34. The molecule has 2 aliphatic rings. The van der Waals surface area contributed by atoms with Gasteiger partial charge in [0.25, 0.3) is 0 Å². The highest BCUT2D eigenvalue weighted by atomic mass is 32.2. The Morgan fingerprint density at radius 3 is 2.06 bits per heavy atom. The van der Waals surface area contributed by atoms with E-state index in [9.17, 15) is 21.6 Å². The molecule has 2 bridgehead atoms. The van der Waals surface area contributed by atoms with Gasteiger partial charge >= 0.3 is 15.6 Å². The molecule has 0 N–H and O–H groups in total. The number of rotatable bonds is 2. The van der Waals surface area contributed by atoms with Crippen LogP contribution in [0.15, 0.2) is 0 Å². The van der Waals surface area contributed by atoms with Crippen LogP contribution < -0.4 is 0 Å². The lowest BCUT2D eigenvalue weighted by Crippen LogP contribution is -2.36. The van der Waals surface area contributed by atoms with Crippen molar-refractivity contribution in [2.75, 3.05) is 0 Å². The van der Waals surface area contributed by atoms with Gasteiger partial charge in [-0.2, -0.15) is 21.6 Å². The molecular formula is C8H11F3O4S. The third kappa shape index (κ3) is 2.33. The van der Waals surface area contributed by atoms with E-state index in [1.54, 1.807) is 0 Å². The zero-order chi connectivity index (χ0) is 12.0. The zero-order valence-corrected chi connectivity index (χ0v) is 9.05. The minimum Gasteiger partial charge on any atom is -0.375 e. The highest BCUT2D eigenvalue weighted by Crippen LogP contribution is 2.36. The van der Waals surface area contributed by atoms with Crippen LogP contribution in [0, 0.1) is 0 Å². The Morgan fingerprint density at radius 1 is 1.12 bits per heavy atom. The summed E-state index contributed by atoms with van der Waals surface area (Å²) in [5, 5.41) is 0. The van der Waals surface area contributed by atoms with Crippen LogP contribution in [-0.4, -0.2) is 32.2 Å². The molecule has 2 atom stereocenters. The standard InChI is InChI=1S/C8H11F3O4S/c9-8(10,11)16(12,13)15-7-3-5-1-2-6(4-7)14-5/h5-7H,1-4H2. The molecule has 8 heteroatoms. The maximum absolute atomic E-state index is 12.1. The Labute approximate surface area is 90.8 Å². The summed E-state index contributed by atoms with van der Waals surface area (Å²) < 4.78 is 67.3. The Bertz CT molecular complexity index is 352. The van der Waals surface area contributed by atoms with E-state index in [1.807, 2.05) is 0 Å². The molecule has 0 amide bonds. The van der Waals surface area contributed by atoms with Gasteiger partial charge in [-0.1, -0.05) is 0 Å². The summed E-state index contributed by atoms with van der Waals surface area (Å²) in [5.41, 5.74) is -5.34. The normalized spacial score (nSPS) is 35.3. The van der Waals surface area contributed by atoms with Gasteiger partial charge in [-0.15, -0.1) is 0 Å². The summed E-state index contributed by atoms with van der Waals surface area (Å²) >= 11 is 0. The minimum absolute atomic E-state index is 0.160. The maximum atomic E-state index is 12.1. The molecule has 0 aromatic rings. The molecule has 2 aliphatic heterocycles. The average Bonchev–Trinajstić information content (AvgIpc) is 2.43. The van der Waals surface area contributed by atoms with Crippen molar-refractivity contribution in [1.29, 1.82) is 0 Å². The summed E-state index contributed by atoms with van der Waals surface area (Å²) in [7, 11) is -5.47. The predicted octanol–water partition coefficient (Wildman–Crippen LogP) is 1.56. The van der Waals surface area contributed by atoms with Crippen molar-refractivity contribution in [1.82, 2.24) is 0 Å². The van der Waals surface area contributed by atoms with Gasteiger partial charge in [-0.25, -0.2) is 0 Å². The average molecular weight is 260 g/mol. The Kier molecular flexibility index (Phi) is 2.92. The van der Waals surface area contributed by atoms with E-state index in [0.717, 1.165) is 12.8 Å². The molecule has 0 saturated carbocycles. The fourth-order valence-electron chi connectivity index (χ4n) is 2.12. The smallest absolute Gasteiger partial charge is 0.375 e. The van der Waals surface area contributed by atoms with E-state index in [4.69, 9.17) is 4.74 Å². The molecule has 2 fully saturated rings. The molecule has 0 aliphatic carbocycles. The first-order chi connectivity index (χ1) is 7.28. The summed E-state index contributed by atoms with van der Waals surface area (Å²) in [6.45, 7) is 0. The Hall–Kier alpha value is -0.340. The predicted molar refractivity (Wildman–Crippen MR) is 47.0 cm³/mol. The van der Waals surface area contributed by atoms with Crippen molar-refractivity contribution in [2.45, 2.75) is 49.5 Å². The fourth-order valence-corrected chi connectivity index (χ4v) is 2.75. The number of halogens is 3.